The summed E-state index contributed by atoms with van der Waals surface area (Å²) in [5, 5.41) is 7.97. The van der Waals surface area contributed by atoms with E-state index >= 15 is 0 Å². The molecule has 162 valence electrons. The highest BCUT2D eigenvalue weighted by molar-refractivity contribution is 7.80. The highest BCUT2D eigenvalue weighted by Crippen LogP contribution is 2.37. The molecule has 0 bridgehead atoms. The van der Waals surface area contributed by atoms with Gasteiger partial charge in [0.2, 0.25) is 0 Å². The van der Waals surface area contributed by atoms with Crippen LogP contribution in [0.2, 0.25) is 0 Å². The zero-order chi connectivity index (χ0) is 21.7. The Kier molecular flexibility index (Phi) is 7.89. The number of hydrogen-bond donors (Lipinski definition) is 2. The molecule has 1 atom stereocenters. The second-order valence-corrected chi connectivity index (χ2v) is 9.77. The fourth-order valence-corrected chi connectivity index (χ4v) is 5.54. The first-order valence-corrected chi connectivity index (χ1v) is 12.0. The topological polar surface area (TPSA) is 50.4 Å². The zero-order valence-corrected chi connectivity index (χ0v) is 20.0. The number of esters is 1. The molecule has 30 heavy (non-hydrogen) atoms. The third-order valence-electron chi connectivity index (χ3n) is 5.74. The molecule has 0 radical (unpaired) electrons. The summed E-state index contributed by atoms with van der Waals surface area (Å²) in [5.41, 5.74) is 4.31. The van der Waals surface area contributed by atoms with Gasteiger partial charge in [-0.3, -0.25) is 0 Å². The minimum atomic E-state index is -0.282. The van der Waals surface area contributed by atoms with Crippen molar-refractivity contribution in [3.05, 3.63) is 51.4 Å². The van der Waals surface area contributed by atoms with E-state index in [1.54, 1.807) is 11.3 Å². The van der Waals surface area contributed by atoms with Crippen LogP contribution >= 0.6 is 23.6 Å². The molecule has 6 heteroatoms. The Morgan fingerprint density at radius 2 is 1.67 bits per heavy atom. The first kappa shape index (κ1) is 22.8. The predicted molar refractivity (Wildman–Crippen MR) is 130 cm³/mol. The van der Waals surface area contributed by atoms with Gasteiger partial charge in [0.25, 0.3) is 0 Å². The Morgan fingerprint density at radius 3 is 2.30 bits per heavy atom. The quantitative estimate of drug-likeness (QED) is 0.415. The van der Waals surface area contributed by atoms with E-state index in [1.807, 2.05) is 0 Å². The monoisotopic (exact) mass is 444 g/mol. The predicted octanol–water partition coefficient (Wildman–Crippen LogP) is 6.36. The lowest BCUT2D eigenvalue weighted by molar-refractivity contribution is 0.0601. The number of thiophene rings is 1. The number of aryl methyl sites for hydroxylation is 1. The van der Waals surface area contributed by atoms with Crippen molar-refractivity contribution < 1.29 is 9.53 Å². The van der Waals surface area contributed by atoms with E-state index in [4.69, 9.17) is 17.0 Å². The van der Waals surface area contributed by atoms with E-state index in [9.17, 15) is 4.79 Å². The van der Waals surface area contributed by atoms with Gasteiger partial charge in [0.05, 0.1) is 18.7 Å². The van der Waals surface area contributed by atoms with Crippen molar-refractivity contribution in [2.24, 2.45) is 0 Å². The van der Waals surface area contributed by atoms with E-state index in [1.165, 1.54) is 42.4 Å². The van der Waals surface area contributed by atoms with Gasteiger partial charge in [0.1, 0.15) is 5.00 Å². The van der Waals surface area contributed by atoms with Crippen LogP contribution in [0.4, 0.5) is 5.00 Å². The molecule has 4 nitrogen and oxygen atoms in total. The fraction of sp³-hybridized carbons (Fsp3) is 0.500. The molecule has 0 saturated heterocycles. The average Bonchev–Trinajstić information content (AvgIpc) is 3.03. The molecule has 3 rings (SSSR count). The van der Waals surface area contributed by atoms with Crippen molar-refractivity contribution in [2.75, 3.05) is 12.4 Å². The van der Waals surface area contributed by atoms with Crippen LogP contribution < -0.4 is 10.6 Å². The highest BCUT2D eigenvalue weighted by Gasteiger charge is 2.25. The van der Waals surface area contributed by atoms with Crippen LogP contribution in [0.25, 0.3) is 0 Å². The Morgan fingerprint density at radius 1 is 1.03 bits per heavy atom. The third-order valence-corrected chi connectivity index (χ3v) is 7.17. The molecule has 2 N–H and O–H groups in total. The molecular formula is C24H32N2O2S2. The molecule has 0 aliphatic heterocycles. The molecule has 0 fully saturated rings. The van der Waals surface area contributed by atoms with Crippen molar-refractivity contribution in [1.29, 1.82) is 0 Å². The molecule has 0 spiro atoms. The van der Waals surface area contributed by atoms with Crippen molar-refractivity contribution in [2.45, 2.75) is 71.3 Å². The normalized spacial score (nSPS) is 15.0. The molecule has 1 aliphatic carbocycles. The second-order valence-electron chi connectivity index (χ2n) is 8.26. The minimum Gasteiger partial charge on any atom is -0.465 e. The van der Waals surface area contributed by atoms with Gasteiger partial charge in [-0.15, -0.1) is 11.3 Å². The second kappa shape index (κ2) is 10.4. The standard InChI is InChI=1S/C24H32N2O2S2/c1-15(2)17-11-13-18(14-12-17)16(3)25-24(29)26-22-21(23(27)28-4)19-9-7-5-6-8-10-20(19)30-22/h11-16H,5-10H2,1-4H3,(H2,25,26,29). The Balaban J connectivity index is 1.75. The van der Waals surface area contributed by atoms with Crippen LogP contribution in [-0.4, -0.2) is 18.2 Å². The number of anilines is 1. The largest absolute Gasteiger partial charge is 0.465 e. The number of hydrogen-bond acceptors (Lipinski definition) is 4. The van der Waals surface area contributed by atoms with Crippen molar-refractivity contribution >= 4 is 39.6 Å². The smallest absolute Gasteiger partial charge is 0.341 e. The summed E-state index contributed by atoms with van der Waals surface area (Å²) in [6.45, 7) is 6.48. The molecule has 1 heterocycles. The SMILES string of the molecule is COC(=O)c1c(NC(=S)NC(C)c2ccc(C(C)C)cc2)sc2c1CCCCCC2. The van der Waals surface area contributed by atoms with Gasteiger partial charge in [0.15, 0.2) is 5.11 Å². The summed E-state index contributed by atoms with van der Waals surface area (Å²) in [6.07, 6.45) is 6.69. The van der Waals surface area contributed by atoms with Gasteiger partial charge >= 0.3 is 5.97 Å². The number of carbonyl (C=O) groups excluding carboxylic acids is 1. The lowest BCUT2D eigenvalue weighted by atomic mass is 9.96. The Bertz CT molecular complexity index is 887. The first-order valence-electron chi connectivity index (χ1n) is 10.8. The Labute approximate surface area is 189 Å². The van der Waals surface area contributed by atoms with Gasteiger partial charge in [0, 0.05) is 4.88 Å². The number of carbonyl (C=O) groups is 1. The molecular weight excluding hydrogens is 412 g/mol. The van der Waals surface area contributed by atoms with Crippen LogP contribution in [0.5, 0.6) is 0 Å². The maximum atomic E-state index is 12.6. The lowest BCUT2D eigenvalue weighted by Gasteiger charge is -2.18. The maximum Gasteiger partial charge on any atom is 0.341 e. The van der Waals surface area contributed by atoms with Crippen LogP contribution in [-0.2, 0) is 17.6 Å². The Hall–Kier alpha value is -1.92. The van der Waals surface area contributed by atoms with Crippen molar-refractivity contribution in [3.8, 4) is 0 Å². The molecule has 2 aromatic rings. The van der Waals surface area contributed by atoms with Crippen molar-refractivity contribution in [3.63, 3.8) is 0 Å². The van der Waals surface area contributed by atoms with Crippen LogP contribution in [0.1, 0.15) is 90.3 Å². The van der Waals surface area contributed by atoms with Gasteiger partial charge < -0.3 is 15.4 Å². The van der Waals surface area contributed by atoms with Crippen LogP contribution in [0, 0.1) is 0 Å². The summed E-state index contributed by atoms with van der Waals surface area (Å²) >= 11 is 7.23. The van der Waals surface area contributed by atoms with Gasteiger partial charge in [-0.25, -0.2) is 4.79 Å². The average molecular weight is 445 g/mol. The number of ether oxygens (including phenoxy) is 1. The summed E-state index contributed by atoms with van der Waals surface area (Å²) in [5.74, 6) is 0.232. The molecule has 1 aromatic carbocycles. The lowest BCUT2D eigenvalue weighted by Crippen LogP contribution is -2.31. The summed E-state index contributed by atoms with van der Waals surface area (Å²) in [6, 6.07) is 8.69. The van der Waals surface area contributed by atoms with Crippen LogP contribution in [0.15, 0.2) is 24.3 Å². The summed E-state index contributed by atoms with van der Waals surface area (Å²) in [4.78, 5) is 13.8. The van der Waals surface area contributed by atoms with Crippen LogP contribution in [0.3, 0.4) is 0 Å². The van der Waals surface area contributed by atoms with E-state index in [0.29, 0.717) is 16.6 Å². The third kappa shape index (κ3) is 5.41. The summed E-state index contributed by atoms with van der Waals surface area (Å²) < 4.78 is 5.10. The number of nitrogens with one attached hydrogen (secondary N) is 2. The van der Waals surface area contributed by atoms with E-state index < -0.39 is 0 Å². The number of methoxy groups -OCH3 is 1. The fourth-order valence-electron chi connectivity index (χ4n) is 3.91. The van der Waals surface area contributed by atoms with Gasteiger partial charge in [-0.1, -0.05) is 51.0 Å². The molecule has 1 aromatic heterocycles. The minimum absolute atomic E-state index is 0.0637. The van der Waals surface area contributed by atoms with E-state index in [2.05, 4.69) is 55.7 Å². The van der Waals surface area contributed by atoms with E-state index in [0.717, 1.165) is 29.8 Å². The maximum absolute atomic E-state index is 12.6. The number of thiocarbonyl (C=S) groups is 1. The van der Waals surface area contributed by atoms with Gasteiger partial charge in [-0.05, 0) is 67.4 Å². The van der Waals surface area contributed by atoms with E-state index in [-0.39, 0.29) is 12.0 Å². The highest BCUT2D eigenvalue weighted by atomic mass is 32.1. The molecule has 1 aliphatic rings. The number of rotatable bonds is 5. The van der Waals surface area contributed by atoms with Gasteiger partial charge in [-0.2, -0.15) is 0 Å². The summed E-state index contributed by atoms with van der Waals surface area (Å²) in [7, 11) is 1.44. The zero-order valence-electron chi connectivity index (χ0n) is 18.3. The first-order chi connectivity index (χ1) is 14.4. The van der Waals surface area contributed by atoms with Crippen molar-refractivity contribution in [1.82, 2.24) is 5.32 Å². The number of benzene rings is 1. The molecule has 0 saturated carbocycles. The molecule has 0 amide bonds. The number of fused-ring (bicyclic) bond motifs is 1. The molecule has 1 unspecified atom stereocenters.